The van der Waals surface area contributed by atoms with Gasteiger partial charge in [0.1, 0.15) is 0 Å². The standard InChI is InChI=1S/C18H21N3O/c22-18(21-17-10-11-17)20-16-8-6-15(7-9-16)19-13-12-14-4-2-1-3-5-14/h1-9,17,19H,10-13H2,(H2,20,21,22). The quantitative estimate of drug-likeness (QED) is 0.762. The molecule has 0 radical (unpaired) electrons. The van der Waals surface area contributed by atoms with E-state index in [9.17, 15) is 4.79 Å². The van der Waals surface area contributed by atoms with Crippen LogP contribution in [-0.4, -0.2) is 18.6 Å². The molecule has 0 heterocycles. The van der Waals surface area contributed by atoms with Crippen LogP contribution in [-0.2, 0) is 6.42 Å². The Kier molecular flexibility index (Phi) is 4.59. The molecule has 1 fully saturated rings. The maximum atomic E-state index is 11.6. The zero-order chi connectivity index (χ0) is 15.2. The molecule has 4 nitrogen and oxygen atoms in total. The van der Waals surface area contributed by atoms with E-state index >= 15 is 0 Å². The summed E-state index contributed by atoms with van der Waals surface area (Å²) in [6.07, 6.45) is 3.18. The third-order valence-corrected chi connectivity index (χ3v) is 3.64. The van der Waals surface area contributed by atoms with Gasteiger partial charge in [-0.3, -0.25) is 0 Å². The number of benzene rings is 2. The lowest BCUT2D eigenvalue weighted by Crippen LogP contribution is -2.30. The smallest absolute Gasteiger partial charge is 0.319 e. The van der Waals surface area contributed by atoms with Gasteiger partial charge >= 0.3 is 6.03 Å². The van der Waals surface area contributed by atoms with Crippen molar-refractivity contribution < 1.29 is 4.79 Å². The summed E-state index contributed by atoms with van der Waals surface area (Å²) in [5.41, 5.74) is 3.20. The van der Waals surface area contributed by atoms with Crippen LogP contribution in [0.4, 0.5) is 16.2 Å². The van der Waals surface area contributed by atoms with Crippen LogP contribution in [0.15, 0.2) is 54.6 Å². The lowest BCUT2D eigenvalue weighted by Gasteiger charge is -2.09. The van der Waals surface area contributed by atoms with Gasteiger partial charge in [0.2, 0.25) is 0 Å². The molecular weight excluding hydrogens is 274 g/mol. The summed E-state index contributed by atoms with van der Waals surface area (Å²) in [7, 11) is 0. The van der Waals surface area contributed by atoms with Crippen LogP contribution in [0.25, 0.3) is 0 Å². The third kappa shape index (κ3) is 4.52. The molecule has 2 amide bonds. The minimum Gasteiger partial charge on any atom is -0.385 e. The monoisotopic (exact) mass is 295 g/mol. The highest BCUT2D eigenvalue weighted by Gasteiger charge is 2.23. The summed E-state index contributed by atoms with van der Waals surface area (Å²) >= 11 is 0. The predicted molar refractivity (Wildman–Crippen MR) is 90.3 cm³/mol. The lowest BCUT2D eigenvalue weighted by atomic mass is 10.1. The van der Waals surface area contributed by atoms with Crippen molar-refractivity contribution in [3.8, 4) is 0 Å². The van der Waals surface area contributed by atoms with Crippen LogP contribution < -0.4 is 16.0 Å². The Balaban J connectivity index is 1.43. The molecule has 4 heteroatoms. The van der Waals surface area contributed by atoms with Crippen molar-refractivity contribution in [3.63, 3.8) is 0 Å². The van der Waals surface area contributed by atoms with E-state index in [2.05, 4.69) is 40.2 Å². The van der Waals surface area contributed by atoms with E-state index in [4.69, 9.17) is 0 Å². The molecule has 2 aromatic carbocycles. The topological polar surface area (TPSA) is 53.2 Å². The first-order valence-corrected chi connectivity index (χ1v) is 7.75. The van der Waals surface area contributed by atoms with Gasteiger partial charge in [-0.2, -0.15) is 0 Å². The van der Waals surface area contributed by atoms with Crippen molar-refractivity contribution in [3.05, 3.63) is 60.2 Å². The average molecular weight is 295 g/mol. The SMILES string of the molecule is O=C(Nc1ccc(NCCc2ccccc2)cc1)NC1CC1. The molecule has 0 atom stereocenters. The van der Waals surface area contributed by atoms with Crippen molar-refractivity contribution in [2.24, 2.45) is 0 Å². The molecule has 2 aromatic rings. The van der Waals surface area contributed by atoms with Crippen LogP contribution in [0.3, 0.4) is 0 Å². The van der Waals surface area contributed by atoms with Crippen molar-refractivity contribution >= 4 is 17.4 Å². The molecule has 0 aromatic heterocycles. The molecule has 0 unspecified atom stereocenters. The predicted octanol–water partition coefficient (Wildman–Crippen LogP) is 3.63. The van der Waals surface area contributed by atoms with Crippen molar-refractivity contribution in [2.45, 2.75) is 25.3 Å². The Hall–Kier alpha value is -2.49. The maximum absolute atomic E-state index is 11.6. The summed E-state index contributed by atoms with van der Waals surface area (Å²) in [4.78, 5) is 11.6. The summed E-state index contributed by atoms with van der Waals surface area (Å²) in [6, 6.07) is 18.5. The number of carbonyl (C=O) groups is 1. The highest BCUT2D eigenvalue weighted by atomic mass is 16.2. The molecule has 3 rings (SSSR count). The van der Waals surface area contributed by atoms with Gasteiger partial charge in [-0.15, -0.1) is 0 Å². The van der Waals surface area contributed by atoms with Crippen LogP contribution in [0, 0.1) is 0 Å². The molecule has 0 saturated heterocycles. The zero-order valence-electron chi connectivity index (χ0n) is 12.5. The van der Waals surface area contributed by atoms with E-state index in [-0.39, 0.29) is 6.03 Å². The minimum absolute atomic E-state index is 0.118. The van der Waals surface area contributed by atoms with Gasteiger partial charge in [-0.25, -0.2) is 4.79 Å². The highest BCUT2D eigenvalue weighted by Crippen LogP contribution is 2.19. The zero-order valence-corrected chi connectivity index (χ0v) is 12.5. The summed E-state index contributed by atoms with van der Waals surface area (Å²) in [5.74, 6) is 0. The van der Waals surface area contributed by atoms with E-state index in [1.165, 1.54) is 5.56 Å². The van der Waals surface area contributed by atoms with Gasteiger partial charge in [0.25, 0.3) is 0 Å². The second-order valence-corrected chi connectivity index (χ2v) is 5.61. The van der Waals surface area contributed by atoms with Gasteiger partial charge in [0, 0.05) is 24.0 Å². The number of carbonyl (C=O) groups excluding carboxylic acids is 1. The summed E-state index contributed by atoms with van der Waals surface area (Å²) in [5, 5.41) is 9.14. The highest BCUT2D eigenvalue weighted by molar-refractivity contribution is 5.89. The first-order chi connectivity index (χ1) is 10.8. The van der Waals surface area contributed by atoms with Crippen LogP contribution in [0.2, 0.25) is 0 Å². The molecule has 0 bridgehead atoms. The number of nitrogens with one attached hydrogen (secondary N) is 3. The molecule has 1 aliphatic carbocycles. The van der Waals surface area contributed by atoms with E-state index in [1.54, 1.807) is 0 Å². The molecular formula is C18H21N3O. The normalized spacial score (nSPS) is 13.5. The Morgan fingerprint density at radius 2 is 1.64 bits per heavy atom. The molecule has 1 saturated carbocycles. The number of hydrogen-bond donors (Lipinski definition) is 3. The average Bonchev–Trinajstić information content (AvgIpc) is 3.34. The Morgan fingerprint density at radius 3 is 2.32 bits per heavy atom. The van der Waals surface area contributed by atoms with Crippen LogP contribution in [0.1, 0.15) is 18.4 Å². The molecule has 22 heavy (non-hydrogen) atoms. The lowest BCUT2D eigenvalue weighted by molar-refractivity contribution is 0.251. The molecule has 0 aliphatic heterocycles. The Labute approximate surface area is 130 Å². The van der Waals surface area contributed by atoms with Crippen molar-refractivity contribution in [1.29, 1.82) is 0 Å². The Morgan fingerprint density at radius 1 is 0.955 bits per heavy atom. The number of urea groups is 1. The second-order valence-electron chi connectivity index (χ2n) is 5.61. The number of anilines is 2. The molecule has 0 spiro atoms. The number of hydrogen-bond acceptors (Lipinski definition) is 2. The minimum atomic E-state index is -0.118. The van der Waals surface area contributed by atoms with E-state index in [0.29, 0.717) is 6.04 Å². The van der Waals surface area contributed by atoms with Gasteiger partial charge in [-0.05, 0) is 49.1 Å². The summed E-state index contributed by atoms with van der Waals surface area (Å²) < 4.78 is 0. The van der Waals surface area contributed by atoms with Crippen LogP contribution in [0.5, 0.6) is 0 Å². The van der Waals surface area contributed by atoms with Crippen molar-refractivity contribution in [1.82, 2.24) is 5.32 Å². The van der Waals surface area contributed by atoms with E-state index in [1.807, 2.05) is 30.3 Å². The second kappa shape index (κ2) is 6.98. The molecule has 3 N–H and O–H groups in total. The van der Waals surface area contributed by atoms with Gasteiger partial charge in [-0.1, -0.05) is 30.3 Å². The third-order valence-electron chi connectivity index (χ3n) is 3.64. The Bertz CT molecular complexity index is 606. The first-order valence-electron chi connectivity index (χ1n) is 7.75. The van der Waals surface area contributed by atoms with E-state index in [0.717, 1.165) is 37.2 Å². The van der Waals surface area contributed by atoms with Crippen LogP contribution >= 0.6 is 0 Å². The maximum Gasteiger partial charge on any atom is 0.319 e. The number of rotatable bonds is 6. The fourth-order valence-corrected chi connectivity index (χ4v) is 2.25. The fraction of sp³-hybridized carbons (Fsp3) is 0.278. The van der Waals surface area contributed by atoms with Gasteiger partial charge in [0.05, 0.1) is 0 Å². The van der Waals surface area contributed by atoms with Crippen molar-refractivity contribution in [2.75, 3.05) is 17.2 Å². The van der Waals surface area contributed by atoms with Gasteiger partial charge in [0.15, 0.2) is 0 Å². The summed E-state index contributed by atoms with van der Waals surface area (Å²) in [6.45, 7) is 0.888. The molecule has 114 valence electrons. The largest absolute Gasteiger partial charge is 0.385 e. The fourth-order valence-electron chi connectivity index (χ4n) is 2.25. The van der Waals surface area contributed by atoms with E-state index < -0.39 is 0 Å². The molecule has 1 aliphatic rings. The first kappa shape index (κ1) is 14.4. The van der Waals surface area contributed by atoms with Gasteiger partial charge < -0.3 is 16.0 Å². The number of amides is 2.